The Morgan fingerprint density at radius 1 is 1.05 bits per heavy atom. The quantitative estimate of drug-likeness (QED) is 0.760. The van der Waals surface area contributed by atoms with Gasteiger partial charge in [-0.25, -0.2) is 0 Å². The van der Waals surface area contributed by atoms with E-state index in [0.717, 1.165) is 16.8 Å². The molecule has 0 saturated carbocycles. The van der Waals surface area contributed by atoms with Crippen LogP contribution in [0.15, 0.2) is 53.3 Å². The Morgan fingerprint density at radius 2 is 1.86 bits per heavy atom. The first-order valence-electron chi connectivity index (χ1n) is 6.26. The van der Waals surface area contributed by atoms with E-state index >= 15 is 0 Å². The lowest BCUT2D eigenvalue weighted by atomic mass is 10.2. The van der Waals surface area contributed by atoms with Crippen molar-refractivity contribution in [3.63, 3.8) is 0 Å². The molecule has 1 aromatic heterocycles. The van der Waals surface area contributed by atoms with Crippen molar-refractivity contribution in [3.8, 4) is 11.5 Å². The van der Waals surface area contributed by atoms with E-state index in [1.165, 1.54) is 6.39 Å². The van der Waals surface area contributed by atoms with E-state index < -0.39 is 0 Å². The van der Waals surface area contributed by atoms with Gasteiger partial charge in [0.2, 0.25) is 12.3 Å². The fourth-order valence-corrected chi connectivity index (χ4v) is 2.55. The van der Waals surface area contributed by atoms with Crippen LogP contribution < -0.4 is 5.32 Å². The highest BCUT2D eigenvalue weighted by atomic mass is 35.5. The Morgan fingerprint density at radius 3 is 2.57 bits per heavy atom. The van der Waals surface area contributed by atoms with Gasteiger partial charge in [0.15, 0.2) is 0 Å². The highest BCUT2D eigenvalue weighted by Gasteiger charge is 2.04. The van der Waals surface area contributed by atoms with E-state index in [9.17, 15) is 0 Å². The zero-order valence-electron chi connectivity index (χ0n) is 10.9. The van der Waals surface area contributed by atoms with Gasteiger partial charge in [-0.05, 0) is 42.0 Å². The van der Waals surface area contributed by atoms with Crippen LogP contribution >= 0.6 is 23.2 Å². The first-order chi connectivity index (χ1) is 10.2. The normalized spacial score (nSPS) is 10.6. The molecule has 0 aliphatic heterocycles. The summed E-state index contributed by atoms with van der Waals surface area (Å²) in [4.78, 5) is 0. The number of halogens is 2. The molecule has 0 amide bonds. The molecule has 0 atom stereocenters. The summed E-state index contributed by atoms with van der Waals surface area (Å²) in [6, 6.07) is 13.2. The van der Waals surface area contributed by atoms with Crippen LogP contribution in [0, 0.1) is 0 Å². The molecule has 0 unspecified atom stereocenters. The van der Waals surface area contributed by atoms with E-state index in [4.69, 9.17) is 27.6 Å². The molecular formula is C15H11Cl2N3O. The van der Waals surface area contributed by atoms with E-state index in [-0.39, 0.29) is 0 Å². The molecule has 0 fully saturated rings. The van der Waals surface area contributed by atoms with E-state index in [1.54, 1.807) is 6.07 Å². The van der Waals surface area contributed by atoms with Crippen LogP contribution in [0.1, 0.15) is 5.56 Å². The Bertz CT molecular complexity index is 724. The average Bonchev–Trinajstić information content (AvgIpc) is 2.99. The summed E-state index contributed by atoms with van der Waals surface area (Å²) in [5.74, 6) is 0.490. The summed E-state index contributed by atoms with van der Waals surface area (Å²) < 4.78 is 5.18. The van der Waals surface area contributed by atoms with Crippen molar-refractivity contribution in [2.75, 3.05) is 5.32 Å². The number of hydrogen-bond donors (Lipinski definition) is 1. The van der Waals surface area contributed by atoms with Gasteiger partial charge in [0.05, 0.1) is 0 Å². The second kappa shape index (κ2) is 6.16. The maximum atomic E-state index is 5.98. The third-order valence-corrected chi connectivity index (χ3v) is 3.32. The topological polar surface area (TPSA) is 51.0 Å². The Balaban J connectivity index is 1.75. The molecule has 6 heteroatoms. The molecule has 4 nitrogen and oxygen atoms in total. The molecule has 0 radical (unpaired) electrons. The molecule has 3 rings (SSSR count). The maximum absolute atomic E-state index is 5.98. The lowest BCUT2D eigenvalue weighted by Gasteiger charge is -2.08. The zero-order chi connectivity index (χ0) is 14.7. The van der Waals surface area contributed by atoms with Gasteiger partial charge in [0.1, 0.15) is 0 Å². The average molecular weight is 320 g/mol. The van der Waals surface area contributed by atoms with Crippen molar-refractivity contribution in [2.45, 2.75) is 6.54 Å². The molecule has 0 aliphatic rings. The molecule has 3 aromatic rings. The minimum Gasteiger partial charge on any atom is -0.423 e. The number of aromatic nitrogens is 2. The van der Waals surface area contributed by atoms with E-state index in [1.807, 2.05) is 36.4 Å². The van der Waals surface area contributed by atoms with E-state index in [2.05, 4.69) is 15.5 Å². The van der Waals surface area contributed by atoms with Gasteiger partial charge in [-0.3, -0.25) is 0 Å². The molecular weight excluding hydrogens is 309 g/mol. The van der Waals surface area contributed by atoms with Crippen LogP contribution in [-0.2, 0) is 6.54 Å². The molecule has 21 heavy (non-hydrogen) atoms. The fraction of sp³-hybridized carbons (Fsp3) is 0.0667. The summed E-state index contributed by atoms with van der Waals surface area (Å²) >= 11 is 12.0. The molecule has 1 N–H and O–H groups in total. The van der Waals surface area contributed by atoms with Crippen molar-refractivity contribution >= 4 is 28.9 Å². The minimum absolute atomic E-state index is 0.490. The summed E-state index contributed by atoms with van der Waals surface area (Å²) in [7, 11) is 0. The smallest absolute Gasteiger partial charge is 0.247 e. The van der Waals surface area contributed by atoms with Crippen LogP contribution in [0.3, 0.4) is 0 Å². The standard InChI is InChI=1S/C15H11Cl2N3O/c16-12-4-10(5-13(17)7-12)8-18-14-3-1-2-11(6-14)15-20-19-9-21-15/h1-7,9,18H,8H2. The predicted octanol–water partition coefficient (Wildman–Crippen LogP) is 4.66. The number of anilines is 1. The van der Waals surface area contributed by atoms with Crippen LogP contribution in [0.2, 0.25) is 10.0 Å². The minimum atomic E-state index is 0.490. The number of nitrogens with one attached hydrogen (secondary N) is 1. The maximum Gasteiger partial charge on any atom is 0.247 e. The van der Waals surface area contributed by atoms with Crippen molar-refractivity contribution in [2.24, 2.45) is 0 Å². The van der Waals surface area contributed by atoms with Gasteiger partial charge >= 0.3 is 0 Å². The van der Waals surface area contributed by atoms with Gasteiger partial charge in [0.25, 0.3) is 0 Å². The van der Waals surface area contributed by atoms with Gasteiger partial charge in [0, 0.05) is 27.8 Å². The number of rotatable bonds is 4. The first-order valence-corrected chi connectivity index (χ1v) is 7.02. The number of nitrogens with zero attached hydrogens (tertiary/aromatic N) is 2. The van der Waals surface area contributed by atoms with Gasteiger partial charge in [-0.1, -0.05) is 29.3 Å². The fourth-order valence-electron chi connectivity index (χ4n) is 1.98. The van der Waals surface area contributed by atoms with Crippen molar-refractivity contribution in [1.29, 1.82) is 0 Å². The Labute approximate surface area is 131 Å². The molecule has 106 valence electrons. The lowest BCUT2D eigenvalue weighted by molar-refractivity contribution is 0.568. The predicted molar refractivity (Wildman–Crippen MR) is 83.5 cm³/mol. The second-order valence-electron chi connectivity index (χ2n) is 4.46. The van der Waals surface area contributed by atoms with Crippen LogP contribution in [0.25, 0.3) is 11.5 Å². The number of benzene rings is 2. The summed E-state index contributed by atoms with van der Waals surface area (Å²) in [5.41, 5.74) is 2.82. The van der Waals surface area contributed by atoms with Crippen LogP contribution in [0.5, 0.6) is 0 Å². The van der Waals surface area contributed by atoms with E-state index in [0.29, 0.717) is 22.5 Å². The van der Waals surface area contributed by atoms with Crippen molar-refractivity contribution in [3.05, 3.63) is 64.5 Å². The molecule has 0 spiro atoms. The first kappa shape index (κ1) is 13.9. The summed E-state index contributed by atoms with van der Waals surface area (Å²) in [6.07, 6.45) is 1.31. The van der Waals surface area contributed by atoms with Crippen molar-refractivity contribution in [1.82, 2.24) is 10.2 Å². The highest BCUT2D eigenvalue weighted by molar-refractivity contribution is 6.34. The third kappa shape index (κ3) is 3.54. The largest absolute Gasteiger partial charge is 0.423 e. The van der Waals surface area contributed by atoms with Crippen LogP contribution in [0.4, 0.5) is 5.69 Å². The highest BCUT2D eigenvalue weighted by Crippen LogP contribution is 2.22. The van der Waals surface area contributed by atoms with Crippen LogP contribution in [-0.4, -0.2) is 10.2 Å². The third-order valence-electron chi connectivity index (χ3n) is 2.89. The SMILES string of the molecule is Clc1cc(Cl)cc(CNc2cccc(-c3nnco3)c2)c1. The zero-order valence-corrected chi connectivity index (χ0v) is 12.4. The van der Waals surface area contributed by atoms with Gasteiger partial charge in [-0.15, -0.1) is 10.2 Å². The summed E-state index contributed by atoms with van der Waals surface area (Å²) in [5, 5.41) is 12.1. The Kier molecular flexibility index (Phi) is 4.08. The second-order valence-corrected chi connectivity index (χ2v) is 5.33. The summed E-state index contributed by atoms with van der Waals surface area (Å²) in [6.45, 7) is 0.619. The molecule has 2 aromatic carbocycles. The lowest BCUT2D eigenvalue weighted by Crippen LogP contribution is -1.99. The van der Waals surface area contributed by atoms with Gasteiger partial charge < -0.3 is 9.73 Å². The van der Waals surface area contributed by atoms with Crippen molar-refractivity contribution < 1.29 is 4.42 Å². The Hall–Kier alpha value is -2.04. The molecule has 0 saturated heterocycles. The monoisotopic (exact) mass is 319 g/mol. The molecule has 1 heterocycles. The molecule has 0 bridgehead atoms. The number of hydrogen-bond acceptors (Lipinski definition) is 4. The molecule has 0 aliphatic carbocycles. The van der Waals surface area contributed by atoms with Gasteiger partial charge in [-0.2, -0.15) is 0 Å².